The van der Waals surface area contributed by atoms with Crippen molar-refractivity contribution in [1.82, 2.24) is 0 Å². The summed E-state index contributed by atoms with van der Waals surface area (Å²) in [6.07, 6.45) is 0.856. The van der Waals surface area contributed by atoms with Crippen LogP contribution in [-0.2, 0) is 6.42 Å². The maximum Gasteiger partial charge on any atom is 0.174 e. The summed E-state index contributed by atoms with van der Waals surface area (Å²) in [7, 11) is 1.52. The molecule has 0 amide bonds. The Morgan fingerprint density at radius 1 is 1.19 bits per heavy atom. The SMILES string of the molecule is CCc1ccc(Oc2c(F)cccc2C(C)=O)c(OC)c1. The van der Waals surface area contributed by atoms with Gasteiger partial charge in [0, 0.05) is 0 Å². The van der Waals surface area contributed by atoms with Crippen molar-refractivity contribution in [2.75, 3.05) is 7.11 Å². The van der Waals surface area contributed by atoms with Gasteiger partial charge in [-0.3, -0.25) is 4.79 Å². The second-order valence-electron chi connectivity index (χ2n) is 4.61. The van der Waals surface area contributed by atoms with Crippen molar-refractivity contribution in [1.29, 1.82) is 0 Å². The quantitative estimate of drug-likeness (QED) is 0.765. The van der Waals surface area contributed by atoms with Crippen LogP contribution in [0.15, 0.2) is 36.4 Å². The van der Waals surface area contributed by atoms with Crippen molar-refractivity contribution in [3.63, 3.8) is 0 Å². The van der Waals surface area contributed by atoms with Crippen LogP contribution < -0.4 is 9.47 Å². The molecular formula is C17H17FO3. The lowest BCUT2D eigenvalue weighted by Crippen LogP contribution is -2.00. The van der Waals surface area contributed by atoms with Gasteiger partial charge in [-0.2, -0.15) is 0 Å². The predicted molar refractivity (Wildman–Crippen MR) is 78.9 cm³/mol. The monoisotopic (exact) mass is 288 g/mol. The number of aryl methyl sites for hydroxylation is 1. The van der Waals surface area contributed by atoms with E-state index in [0.717, 1.165) is 12.0 Å². The zero-order chi connectivity index (χ0) is 15.4. The lowest BCUT2D eigenvalue weighted by molar-refractivity contribution is 0.101. The second kappa shape index (κ2) is 6.39. The Morgan fingerprint density at radius 3 is 2.57 bits per heavy atom. The van der Waals surface area contributed by atoms with E-state index >= 15 is 0 Å². The summed E-state index contributed by atoms with van der Waals surface area (Å²) in [4.78, 5) is 11.6. The van der Waals surface area contributed by atoms with Crippen LogP contribution in [0.1, 0.15) is 29.8 Å². The summed E-state index contributed by atoms with van der Waals surface area (Å²) in [6.45, 7) is 3.40. The van der Waals surface area contributed by atoms with Crippen LogP contribution in [0.3, 0.4) is 0 Å². The Hall–Kier alpha value is -2.36. The molecule has 0 spiro atoms. The third kappa shape index (κ3) is 3.21. The van der Waals surface area contributed by atoms with E-state index in [1.165, 1.54) is 32.2 Å². The van der Waals surface area contributed by atoms with Gasteiger partial charge in [0.1, 0.15) is 0 Å². The molecule has 4 heteroatoms. The molecule has 0 radical (unpaired) electrons. The Balaban J connectivity index is 2.45. The number of para-hydroxylation sites is 1. The summed E-state index contributed by atoms with van der Waals surface area (Å²) >= 11 is 0. The van der Waals surface area contributed by atoms with Crippen molar-refractivity contribution in [2.24, 2.45) is 0 Å². The van der Waals surface area contributed by atoms with Crippen LogP contribution in [0, 0.1) is 5.82 Å². The summed E-state index contributed by atoms with van der Waals surface area (Å²) in [5.41, 5.74) is 1.29. The number of carbonyl (C=O) groups is 1. The largest absolute Gasteiger partial charge is 0.493 e. The van der Waals surface area contributed by atoms with Crippen LogP contribution in [0.25, 0.3) is 0 Å². The number of ether oxygens (including phenoxy) is 2. The molecule has 0 unspecified atom stereocenters. The van der Waals surface area contributed by atoms with Crippen molar-refractivity contribution in [3.05, 3.63) is 53.3 Å². The van der Waals surface area contributed by atoms with Crippen molar-refractivity contribution < 1.29 is 18.7 Å². The minimum atomic E-state index is -0.579. The average molecular weight is 288 g/mol. The average Bonchev–Trinajstić information content (AvgIpc) is 2.49. The van der Waals surface area contributed by atoms with Gasteiger partial charge in [0.25, 0.3) is 0 Å². The molecule has 0 aliphatic rings. The summed E-state index contributed by atoms with van der Waals surface area (Å²) in [5.74, 6) is -0.0279. The Kier molecular flexibility index (Phi) is 4.58. The molecule has 0 aliphatic carbocycles. The van der Waals surface area contributed by atoms with Gasteiger partial charge in [-0.1, -0.05) is 19.1 Å². The van der Waals surface area contributed by atoms with Crippen molar-refractivity contribution in [2.45, 2.75) is 20.3 Å². The number of Topliss-reactive ketones (excluding diaryl/α,β-unsaturated/α-hetero) is 1. The molecule has 110 valence electrons. The van der Waals surface area contributed by atoms with Gasteiger partial charge < -0.3 is 9.47 Å². The summed E-state index contributed by atoms with van der Waals surface area (Å²) in [6, 6.07) is 9.71. The van der Waals surface area contributed by atoms with Gasteiger partial charge in [-0.05, 0) is 43.2 Å². The topological polar surface area (TPSA) is 35.5 Å². The third-order valence-corrected chi connectivity index (χ3v) is 3.19. The number of benzene rings is 2. The van der Waals surface area contributed by atoms with Crippen LogP contribution in [0.5, 0.6) is 17.2 Å². The number of hydrogen-bond donors (Lipinski definition) is 0. The van der Waals surface area contributed by atoms with E-state index < -0.39 is 5.82 Å². The minimum absolute atomic E-state index is 0.0763. The van der Waals surface area contributed by atoms with E-state index in [9.17, 15) is 9.18 Å². The first kappa shape index (κ1) is 15.0. The van der Waals surface area contributed by atoms with E-state index in [0.29, 0.717) is 11.5 Å². The fourth-order valence-corrected chi connectivity index (χ4v) is 2.02. The molecule has 0 aromatic heterocycles. The lowest BCUT2D eigenvalue weighted by atomic mass is 10.1. The summed E-state index contributed by atoms with van der Waals surface area (Å²) in [5, 5.41) is 0. The van der Waals surface area contributed by atoms with E-state index in [1.807, 2.05) is 19.1 Å². The van der Waals surface area contributed by atoms with Crippen LogP contribution in [-0.4, -0.2) is 12.9 Å². The number of ketones is 1. The Labute approximate surface area is 123 Å². The first-order valence-corrected chi connectivity index (χ1v) is 6.71. The molecule has 0 fully saturated rings. The normalized spacial score (nSPS) is 10.3. The van der Waals surface area contributed by atoms with Gasteiger partial charge in [0.2, 0.25) is 0 Å². The van der Waals surface area contributed by atoms with Crippen molar-refractivity contribution in [3.8, 4) is 17.2 Å². The zero-order valence-corrected chi connectivity index (χ0v) is 12.3. The highest BCUT2D eigenvalue weighted by atomic mass is 19.1. The van der Waals surface area contributed by atoms with Crippen LogP contribution >= 0.6 is 0 Å². The predicted octanol–water partition coefficient (Wildman–Crippen LogP) is 4.39. The number of carbonyl (C=O) groups excluding carboxylic acids is 1. The first-order valence-electron chi connectivity index (χ1n) is 6.71. The second-order valence-corrected chi connectivity index (χ2v) is 4.61. The number of halogens is 1. The van der Waals surface area contributed by atoms with E-state index in [-0.39, 0.29) is 17.1 Å². The Bertz CT molecular complexity index is 665. The first-order chi connectivity index (χ1) is 10.1. The van der Waals surface area contributed by atoms with Gasteiger partial charge in [-0.25, -0.2) is 4.39 Å². The molecule has 0 aliphatic heterocycles. The highest BCUT2D eigenvalue weighted by Gasteiger charge is 2.16. The molecule has 21 heavy (non-hydrogen) atoms. The minimum Gasteiger partial charge on any atom is -0.493 e. The fraction of sp³-hybridized carbons (Fsp3) is 0.235. The third-order valence-electron chi connectivity index (χ3n) is 3.19. The molecule has 0 bridgehead atoms. The van der Waals surface area contributed by atoms with E-state index in [4.69, 9.17) is 9.47 Å². The number of hydrogen-bond acceptors (Lipinski definition) is 3. The molecule has 2 aromatic rings. The molecule has 0 heterocycles. The highest BCUT2D eigenvalue weighted by molar-refractivity contribution is 5.97. The van der Waals surface area contributed by atoms with Gasteiger partial charge in [0.05, 0.1) is 12.7 Å². The molecule has 0 atom stereocenters. The van der Waals surface area contributed by atoms with E-state index in [1.54, 1.807) is 6.07 Å². The van der Waals surface area contributed by atoms with Crippen molar-refractivity contribution >= 4 is 5.78 Å². The number of rotatable bonds is 5. The smallest absolute Gasteiger partial charge is 0.174 e. The molecule has 0 saturated carbocycles. The molecule has 2 aromatic carbocycles. The molecule has 2 rings (SSSR count). The summed E-state index contributed by atoms with van der Waals surface area (Å²) < 4.78 is 24.8. The molecular weight excluding hydrogens is 271 g/mol. The maximum absolute atomic E-state index is 14.0. The standard InChI is InChI=1S/C17H17FO3/c1-4-12-8-9-15(16(10-12)20-3)21-17-13(11(2)19)6-5-7-14(17)18/h5-10H,4H2,1-3H3. The highest BCUT2D eigenvalue weighted by Crippen LogP contribution is 2.35. The number of methoxy groups -OCH3 is 1. The lowest BCUT2D eigenvalue weighted by Gasteiger charge is -2.14. The van der Waals surface area contributed by atoms with E-state index in [2.05, 4.69) is 0 Å². The van der Waals surface area contributed by atoms with Crippen LogP contribution in [0.4, 0.5) is 4.39 Å². The maximum atomic E-state index is 14.0. The van der Waals surface area contributed by atoms with Crippen LogP contribution in [0.2, 0.25) is 0 Å². The molecule has 0 saturated heterocycles. The fourth-order valence-electron chi connectivity index (χ4n) is 2.02. The van der Waals surface area contributed by atoms with Gasteiger partial charge >= 0.3 is 0 Å². The van der Waals surface area contributed by atoms with Gasteiger partial charge in [0.15, 0.2) is 28.8 Å². The van der Waals surface area contributed by atoms with Gasteiger partial charge in [-0.15, -0.1) is 0 Å². The zero-order valence-electron chi connectivity index (χ0n) is 12.3. The Morgan fingerprint density at radius 2 is 1.95 bits per heavy atom. The molecule has 3 nitrogen and oxygen atoms in total. The molecule has 0 N–H and O–H groups in total.